The number of H-pyrrole nitrogens is 1. The van der Waals surface area contributed by atoms with Gasteiger partial charge < -0.3 is 14.4 Å². The number of hydrogen-bond donors (Lipinski definition) is 1. The summed E-state index contributed by atoms with van der Waals surface area (Å²) in [6.45, 7) is 0. The number of nitrogens with zero attached hydrogens (tertiary/aromatic N) is 3. The van der Waals surface area contributed by atoms with Gasteiger partial charge >= 0.3 is 0 Å². The first-order valence-corrected chi connectivity index (χ1v) is 5.99. The summed E-state index contributed by atoms with van der Waals surface area (Å²) >= 11 is 0. The summed E-state index contributed by atoms with van der Waals surface area (Å²) in [5.41, 5.74) is 2.90. The Labute approximate surface area is 110 Å². The topological polar surface area (TPSA) is 58.0 Å². The zero-order chi connectivity index (χ0) is 13.2. The Bertz CT molecular complexity index is 653. The molecule has 2 aromatic heterocycles. The minimum Gasteiger partial charge on any atom is -0.378 e. The molecule has 0 fully saturated rings. The van der Waals surface area contributed by atoms with E-state index >= 15 is 0 Å². The highest BCUT2D eigenvalue weighted by atomic mass is 16.5. The van der Waals surface area contributed by atoms with Gasteiger partial charge in [0, 0.05) is 31.5 Å². The molecule has 5 heteroatoms. The van der Waals surface area contributed by atoms with E-state index in [0.717, 1.165) is 16.9 Å². The van der Waals surface area contributed by atoms with Crippen molar-refractivity contribution in [3.8, 4) is 23.0 Å². The van der Waals surface area contributed by atoms with Crippen LogP contribution >= 0.6 is 0 Å². The van der Waals surface area contributed by atoms with Gasteiger partial charge in [-0.1, -0.05) is 5.16 Å². The molecule has 2 heterocycles. The fourth-order valence-electron chi connectivity index (χ4n) is 1.82. The predicted molar refractivity (Wildman–Crippen MR) is 73.8 cm³/mol. The van der Waals surface area contributed by atoms with E-state index < -0.39 is 0 Å². The molecule has 1 N–H and O–H groups in total. The number of anilines is 1. The van der Waals surface area contributed by atoms with Crippen LogP contribution < -0.4 is 4.90 Å². The molecule has 0 spiro atoms. The average molecular weight is 254 g/mol. The van der Waals surface area contributed by atoms with Gasteiger partial charge in [0.1, 0.15) is 5.69 Å². The third-order valence-corrected chi connectivity index (χ3v) is 2.90. The Morgan fingerprint density at radius 1 is 1.11 bits per heavy atom. The van der Waals surface area contributed by atoms with Gasteiger partial charge in [0.2, 0.25) is 5.82 Å². The molecule has 1 aromatic carbocycles. The van der Waals surface area contributed by atoms with Crippen molar-refractivity contribution in [2.24, 2.45) is 0 Å². The van der Waals surface area contributed by atoms with Crippen LogP contribution in [-0.2, 0) is 0 Å². The zero-order valence-corrected chi connectivity index (χ0v) is 10.8. The van der Waals surface area contributed by atoms with Crippen molar-refractivity contribution in [3.63, 3.8) is 0 Å². The number of rotatable bonds is 3. The standard InChI is InChI=1S/C14H14N4O/c1-18(2)11-7-5-10(6-8-11)13-16-14(19-17-13)12-4-3-9-15-12/h3-9,15H,1-2H3. The summed E-state index contributed by atoms with van der Waals surface area (Å²) in [5, 5.41) is 4.00. The quantitative estimate of drug-likeness (QED) is 0.780. The first-order valence-electron chi connectivity index (χ1n) is 5.99. The van der Waals surface area contributed by atoms with Gasteiger partial charge in [-0.15, -0.1) is 0 Å². The van der Waals surface area contributed by atoms with Crippen LogP contribution in [0.25, 0.3) is 23.0 Å². The Balaban J connectivity index is 1.90. The summed E-state index contributed by atoms with van der Waals surface area (Å²) in [4.78, 5) is 9.46. The number of hydrogen-bond acceptors (Lipinski definition) is 4. The van der Waals surface area contributed by atoms with E-state index in [4.69, 9.17) is 4.52 Å². The van der Waals surface area contributed by atoms with Crippen molar-refractivity contribution >= 4 is 5.69 Å². The molecular weight excluding hydrogens is 240 g/mol. The third kappa shape index (κ3) is 2.22. The fourth-order valence-corrected chi connectivity index (χ4v) is 1.82. The zero-order valence-electron chi connectivity index (χ0n) is 10.8. The van der Waals surface area contributed by atoms with Crippen LogP contribution in [0.5, 0.6) is 0 Å². The maximum absolute atomic E-state index is 5.24. The molecule has 3 rings (SSSR count). The Morgan fingerprint density at radius 2 is 1.89 bits per heavy atom. The van der Waals surface area contributed by atoms with E-state index in [1.54, 1.807) is 0 Å². The molecule has 0 atom stereocenters. The van der Waals surface area contributed by atoms with Gasteiger partial charge in [-0.2, -0.15) is 4.98 Å². The molecule has 0 radical (unpaired) electrons. The van der Waals surface area contributed by atoms with E-state index in [0.29, 0.717) is 11.7 Å². The second-order valence-electron chi connectivity index (χ2n) is 4.45. The van der Waals surface area contributed by atoms with Gasteiger partial charge in [0.25, 0.3) is 5.89 Å². The van der Waals surface area contributed by atoms with Gasteiger partial charge in [0.15, 0.2) is 0 Å². The van der Waals surface area contributed by atoms with E-state index in [1.807, 2.05) is 61.6 Å². The predicted octanol–water partition coefficient (Wildman–Crippen LogP) is 2.80. The summed E-state index contributed by atoms with van der Waals surface area (Å²) in [5.74, 6) is 1.09. The number of nitrogens with one attached hydrogen (secondary N) is 1. The lowest BCUT2D eigenvalue weighted by atomic mass is 10.2. The van der Waals surface area contributed by atoms with Gasteiger partial charge in [-0.05, 0) is 36.4 Å². The summed E-state index contributed by atoms with van der Waals surface area (Å²) < 4.78 is 5.24. The molecule has 0 amide bonds. The van der Waals surface area contributed by atoms with Crippen LogP contribution in [0.2, 0.25) is 0 Å². The number of benzene rings is 1. The highest BCUT2D eigenvalue weighted by Gasteiger charge is 2.10. The van der Waals surface area contributed by atoms with Crippen molar-refractivity contribution in [2.45, 2.75) is 0 Å². The first kappa shape index (κ1) is 11.5. The molecule has 0 aliphatic rings. The first-order chi connectivity index (χ1) is 9.24. The van der Waals surface area contributed by atoms with Gasteiger partial charge in [-0.25, -0.2) is 0 Å². The molecule has 19 heavy (non-hydrogen) atoms. The summed E-state index contributed by atoms with van der Waals surface area (Å²) in [6, 6.07) is 11.8. The maximum Gasteiger partial charge on any atom is 0.274 e. The molecule has 0 unspecified atom stereocenters. The molecule has 0 saturated carbocycles. The minimum absolute atomic E-state index is 0.497. The second-order valence-corrected chi connectivity index (χ2v) is 4.45. The molecule has 3 aromatic rings. The van der Waals surface area contributed by atoms with Gasteiger partial charge in [-0.3, -0.25) is 0 Å². The third-order valence-electron chi connectivity index (χ3n) is 2.90. The molecule has 0 bridgehead atoms. The van der Waals surface area contributed by atoms with Crippen LogP contribution in [0.1, 0.15) is 0 Å². The SMILES string of the molecule is CN(C)c1ccc(-c2noc(-c3ccc[nH]3)n2)cc1. The average Bonchev–Trinajstić information content (AvgIpc) is 3.10. The maximum atomic E-state index is 5.24. The van der Waals surface area contributed by atoms with Crippen LogP contribution in [0.15, 0.2) is 47.1 Å². The largest absolute Gasteiger partial charge is 0.378 e. The minimum atomic E-state index is 0.497. The lowest BCUT2D eigenvalue weighted by Crippen LogP contribution is -2.07. The Hall–Kier alpha value is -2.56. The van der Waals surface area contributed by atoms with Crippen LogP contribution in [0.4, 0.5) is 5.69 Å². The summed E-state index contributed by atoms with van der Waals surface area (Å²) in [6.07, 6.45) is 1.82. The smallest absolute Gasteiger partial charge is 0.274 e. The lowest BCUT2D eigenvalue weighted by Gasteiger charge is -2.11. The van der Waals surface area contributed by atoms with Crippen LogP contribution in [-0.4, -0.2) is 29.2 Å². The van der Waals surface area contributed by atoms with Crippen molar-refractivity contribution < 1.29 is 4.52 Å². The Morgan fingerprint density at radius 3 is 2.53 bits per heavy atom. The van der Waals surface area contributed by atoms with E-state index in [2.05, 4.69) is 15.1 Å². The van der Waals surface area contributed by atoms with Crippen molar-refractivity contribution in [2.75, 3.05) is 19.0 Å². The molecule has 96 valence electrons. The normalized spacial score (nSPS) is 10.6. The fraction of sp³-hybridized carbons (Fsp3) is 0.143. The van der Waals surface area contributed by atoms with E-state index in [-0.39, 0.29) is 0 Å². The van der Waals surface area contributed by atoms with Crippen LogP contribution in [0.3, 0.4) is 0 Å². The molecule has 5 nitrogen and oxygen atoms in total. The molecule has 0 saturated heterocycles. The van der Waals surface area contributed by atoms with Crippen molar-refractivity contribution in [1.82, 2.24) is 15.1 Å². The second kappa shape index (κ2) is 4.61. The van der Waals surface area contributed by atoms with Crippen molar-refractivity contribution in [3.05, 3.63) is 42.6 Å². The molecule has 0 aliphatic heterocycles. The number of aromatic amines is 1. The van der Waals surface area contributed by atoms with Crippen LogP contribution in [0, 0.1) is 0 Å². The highest BCUT2D eigenvalue weighted by molar-refractivity contribution is 5.61. The van der Waals surface area contributed by atoms with E-state index in [9.17, 15) is 0 Å². The highest BCUT2D eigenvalue weighted by Crippen LogP contribution is 2.22. The summed E-state index contributed by atoms with van der Waals surface area (Å²) in [7, 11) is 4.01. The number of aromatic nitrogens is 3. The molecular formula is C14H14N4O. The monoisotopic (exact) mass is 254 g/mol. The lowest BCUT2D eigenvalue weighted by molar-refractivity contribution is 0.431. The van der Waals surface area contributed by atoms with Gasteiger partial charge in [0.05, 0.1) is 0 Å². The molecule has 0 aliphatic carbocycles. The van der Waals surface area contributed by atoms with Crippen molar-refractivity contribution in [1.29, 1.82) is 0 Å². The van der Waals surface area contributed by atoms with E-state index in [1.165, 1.54) is 0 Å². The Kier molecular flexibility index (Phi) is 2.79.